The smallest absolute Gasteiger partial charge is 0.315 e. The van der Waals surface area contributed by atoms with Crippen molar-refractivity contribution in [2.45, 2.75) is 38.5 Å². The molecular weight excluding hydrogens is 472 g/mol. The molecule has 0 aliphatic carbocycles. The summed E-state index contributed by atoms with van der Waals surface area (Å²) in [5.74, 6) is -1.14. The molecule has 2 aliphatic heterocycles. The number of urea groups is 2. The summed E-state index contributed by atoms with van der Waals surface area (Å²) in [6, 6.07) is -1.01. The van der Waals surface area contributed by atoms with Crippen LogP contribution in [0.5, 0.6) is 0 Å². The molecule has 2 heterocycles. The summed E-state index contributed by atoms with van der Waals surface area (Å²) in [5.41, 5.74) is 0. The SMILES string of the molecule is O=C(CNC(=O)NCCCCNC(=O)NCC(=O)NCC(=O)N1CCCC1)NCC(=O)N1CCCC1. The zero-order chi connectivity index (χ0) is 26.2. The number of carbonyl (C=O) groups is 6. The molecular formula is C22H38N8O6. The highest BCUT2D eigenvalue weighted by atomic mass is 16.2. The molecule has 14 nitrogen and oxygen atoms in total. The van der Waals surface area contributed by atoms with Crippen LogP contribution < -0.4 is 31.9 Å². The van der Waals surface area contributed by atoms with Crippen LogP contribution in [0.1, 0.15) is 38.5 Å². The van der Waals surface area contributed by atoms with Crippen molar-refractivity contribution in [3.05, 3.63) is 0 Å². The lowest BCUT2D eigenvalue weighted by Crippen LogP contribution is -2.45. The average Bonchev–Trinajstić information content (AvgIpc) is 3.60. The van der Waals surface area contributed by atoms with Crippen LogP contribution >= 0.6 is 0 Å². The molecule has 2 rings (SSSR count). The summed E-state index contributed by atoms with van der Waals surface area (Å²) in [4.78, 5) is 74.1. The normalized spacial score (nSPS) is 14.7. The quantitative estimate of drug-likeness (QED) is 0.154. The van der Waals surface area contributed by atoms with Crippen LogP contribution in [0.15, 0.2) is 0 Å². The van der Waals surface area contributed by atoms with Crippen LogP contribution in [0.2, 0.25) is 0 Å². The molecule has 36 heavy (non-hydrogen) atoms. The Hall–Kier alpha value is -3.58. The summed E-state index contributed by atoms with van der Waals surface area (Å²) in [6.07, 6.45) is 5.09. The van der Waals surface area contributed by atoms with Crippen molar-refractivity contribution in [2.24, 2.45) is 0 Å². The van der Waals surface area contributed by atoms with E-state index in [1.807, 2.05) is 0 Å². The number of hydrogen-bond donors (Lipinski definition) is 6. The van der Waals surface area contributed by atoms with Crippen LogP contribution in [0.25, 0.3) is 0 Å². The summed E-state index contributed by atoms with van der Waals surface area (Å²) in [7, 11) is 0. The van der Waals surface area contributed by atoms with Gasteiger partial charge in [0.25, 0.3) is 0 Å². The number of unbranched alkanes of at least 4 members (excludes halogenated alkanes) is 1. The number of likely N-dealkylation sites (tertiary alicyclic amines) is 2. The second-order valence-corrected chi connectivity index (χ2v) is 8.66. The molecule has 202 valence electrons. The Bertz CT molecular complexity index is 717. The molecule has 2 fully saturated rings. The first-order valence-corrected chi connectivity index (χ1v) is 12.5. The Balaban J connectivity index is 1.39. The molecule has 0 saturated carbocycles. The summed E-state index contributed by atoms with van der Waals surface area (Å²) in [6.45, 7) is 2.93. The van der Waals surface area contributed by atoms with E-state index in [0.29, 0.717) is 25.9 Å². The highest BCUT2D eigenvalue weighted by Gasteiger charge is 2.19. The standard InChI is InChI=1S/C22H38N8O6/c31-17(25-15-19(33)29-9-3-4-10-29)13-27-21(35)23-7-1-2-8-24-22(36)28-14-18(32)26-16-20(34)30-11-5-6-12-30/h1-16H2,(H,25,31)(H,26,32)(H2,23,27,35)(H2,24,28,36). The third kappa shape index (κ3) is 11.7. The predicted octanol–water partition coefficient (Wildman–Crippen LogP) is -2.16. The molecule has 2 saturated heterocycles. The van der Waals surface area contributed by atoms with E-state index in [-0.39, 0.29) is 38.0 Å². The van der Waals surface area contributed by atoms with Crippen molar-refractivity contribution in [1.82, 2.24) is 41.7 Å². The Morgan fingerprint density at radius 2 is 0.833 bits per heavy atom. The molecule has 6 N–H and O–H groups in total. The first-order valence-electron chi connectivity index (χ1n) is 12.5. The van der Waals surface area contributed by atoms with Crippen molar-refractivity contribution in [3.8, 4) is 0 Å². The van der Waals surface area contributed by atoms with Crippen molar-refractivity contribution in [2.75, 3.05) is 65.4 Å². The van der Waals surface area contributed by atoms with Gasteiger partial charge in [0.1, 0.15) is 0 Å². The van der Waals surface area contributed by atoms with E-state index in [1.165, 1.54) is 0 Å². The first kappa shape index (κ1) is 28.7. The van der Waals surface area contributed by atoms with Gasteiger partial charge in [-0.3, -0.25) is 19.2 Å². The molecule has 2 aliphatic rings. The van der Waals surface area contributed by atoms with E-state index >= 15 is 0 Å². The van der Waals surface area contributed by atoms with E-state index in [4.69, 9.17) is 0 Å². The fourth-order valence-corrected chi connectivity index (χ4v) is 3.73. The topological polar surface area (TPSA) is 181 Å². The zero-order valence-electron chi connectivity index (χ0n) is 20.7. The number of amides is 8. The lowest BCUT2D eigenvalue weighted by Gasteiger charge is -2.15. The van der Waals surface area contributed by atoms with Crippen molar-refractivity contribution in [3.63, 3.8) is 0 Å². The fraction of sp³-hybridized carbons (Fsp3) is 0.727. The van der Waals surface area contributed by atoms with E-state index in [2.05, 4.69) is 31.9 Å². The molecule has 0 aromatic carbocycles. The van der Waals surface area contributed by atoms with Gasteiger partial charge in [-0.1, -0.05) is 0 Å². The number of rotatable bonds is 13. The molecule has 0 aromatic rings. The van der Waals surface area contributed by atoms with Crippen LogP contribution in [0.3, 0.4) is 0 Å². The van der Waals surface area contributed by atoms with Gasteiger partial charge in [-0.15, -0.1) is 0 Å². The van der Waals surface area contributed by atoms with Crippen molar-refractivity contribution >= 4 is 35.7 Å². The van der Waals surface area contributed by atoms with Gasteiger partial charge in [0.05, 0.1) is 26.2 Å². The summed E-state index contributed by atoms with van der Waals surface area (Å²) >= 11 is 0. The van der Waals surface area contributed by atoms with E-state index in [1.54, 1.807) is 9.80 Å². The molecule has 8 amide bonds. The molecule has 0 bridgehead atoms. The summed E-state index contributed by atoms with van der Waals surface area (Å²) in [5, 5.41) is 15.0. The average molecular weight is 511 g/mol. The van der Waals surface area contributed by atoms with Gasteiger partial charge in [0.15, 0.2) is 0 Å². The van der Waals surface area contributed by atoms with Gasteiger partial charge < -0.3 is 41.7 Å². The zero-order valence-corrected chi connectivity index (χ0v) is 20.7. The Morgan fingerprint density at radius 1 is 0.472 bits per heavy atom. The van der Waals surface area contributed by atoms with Crippen LogP contribution in [0, 0.1) is 0 Å². The Kier molecular flexibility index (Phi) is 12.9. The fourth-order valence-electron chi connectivity index (χ4n) is 3.73. The van der Waals surface area contributed by atoms with Crippen LogP contribution in [0.4, 0.5) is 9.59 Å². The third-order valence-corrected chi connectivity index (χ3v) is 5.78. The third-order valence-electron chi connectivity index (χ3n) is 5.78. The molecule has 0 atom stereocenters. The monoisotopic (exact) mass is 510 g/mol. The molecule has 0 spiro atoms. The van der Waals surface area contributed by atoms with Gasteiger partial charge in [-0.25, -0.2) is 9.59 Å². The second-order valence-electron chi connectivity index (χ2n) is 8.66. The van der Waals surface area contributed by atoms with E-state index < -0.39 is 23.9 Å². The maximum atomic E-state index is 11.9. The number of nitrogens with zero attached hydrogens (tertiary/aromatic N) is 2. The van der Waals surface area contributed by atoms with Crippen LogP contribution in [-0.4, -0.2) is 111 Å². The minimum absolute atomic E-state index is 0.0776. The summed E-state index contributed by atoms with van der Waals surface area (Å²) < 4.78 is 0. The highest BCUT2D eigenvalue weighted by molar-refractivity contribution is 5.88. The predicted molar refractivity (Wildman–Crippen MR) is 130 cm³/mol. The van der Waals surface area contributed by atoms with E-state index in [9.17, 15) is 28.8 Å². The van der Waals surface area contributed by atoms with Gasteiger partial charge >= 0.3 is 12.1 Å². The Labute approximate surface area is 210 Å². The number of nitrogens with one attached hydrogen (secondary N) is 6. The van der Waals surface area contributed by atoms with Gasteiger partial charge in [-0.2, -0.15) is 0 Å². The Morgan fingerprint density at radius 3 is 1.19 bits per heavy atom. The van der Waals surface area contributed by atoms with Gasteiger partial charge in [-0.05, 0) is 38.5 Å². The van der Waals surface area contributed by atoms with Crippen molar-refractivity contribution < 1.29 is 28.8 Å². The van der Waals surface area contributed by atoms with E-state index in [0.717, 1.165) is 51.9 Å². The maximum Gasteiger partial charge on any atom is 0.315 e. The first-order chi connectivity index (χ1) is 17.3. The van der Waals surface area contributed by atoms with Gasteiger partial charge in [0.2, 0.25) is 23.6 Å². The second kappa shape index (κ2) is 16.2. The highest BCUT2D eigenvalue weighted by Crippen LogP contribution is 2.07. The number of carbonyl (C=O) groups excluding carboxylic acids is 6. The minimum atomic E-state index is -0.504. The van der Waals surface area contributed by atoms with Crippen LogP contribution in [-0.2, 0) is 19.2 Å². The maximum absolute atomic E-state index is 11.9. The molecule has 0 radical (unpaired) electrons. The largest absolute Gasteiger partial charge is 0.345 e. The lowest BCUT2D eigenvalue weighted by molar-refractivity contribution is -0.131. The lowest BCUT2D eigenvalue weighted by atomic mass is 10.3. The molecule has 14 heteroatoms. The number of hydrogen-bond acceptors (Lipinski definition) is 6. The minimum Gasteiger partial charge on any atom is -0.345 e. The van der Waals surface area contributed by atoms with Gasteiger partial charge in [0, 0.05) is 39.3 Å². The van der Waals surface area contributed by atoms with Crippen molar-refractivity contribution in [1.29, 1.82) is 0 Å². The molecule has 0 aromatic heterocycles. The molecule has 0 unspecified atom stereocenters.